The maximum absolute atomic E-state index is 12.4. The first-order valence-corrected chi connectivity index (χ1v) is 5.71. The van der Waals surface area contributed by atoms with Gasteiger partial charge in [0.1, 0.15) is 12.4 Å². The molecule has 0 spiro atoms. The highest BCUT2D eigenvalue weighted by Crippen LogP contribution is 2.31. The summed E-state index contributed by atoms with van der Waals surface area (Å²) in [4.78, 5) is 10.4. The van der Waals surface area contributed by atoms with E-state index >= 15 is 0 Å². The van der Waals surface area contributed by atoms with E-state index in [4.69, 9.17) is 4.74 Å². The Bertz CT molecular complexity index is 583. The van der Waals surface area contributed by atoms with Crippen molar-refractivity contribution < 1.29 is 35.9 Å². The average Bonchev–Trinajstić information content (AvgIpc) is 2.40. The molecule has 0 saturated heterocycles. The number of carbonyl (C=O) groups excluding carboxylic acids is 1. The van der Waals surface area contributed by atoms with Gasteiger partial charge >= 0.3 is 18.3 Å². The van der Waals surface area contributed by atoms with E-state index in [2.05, 4.69) is 11.8 Å². The number of benzene rings is 1. The van der Waals surface area contributed by atoms with Crippen LogP contribution in [0.15, 0.2) is 24.3 Å². The first-order valence-electron chi connectivity index (χ1n) is 5.71. The molecule has 0 atom stereocenters. The van der Waals surface area contributed by atoms with Crippen LogP contribution in [0.25, 0.3) is 0 Å². The van der Waals surface area contributed by atoms with E-state index in [0.29, 0.717) is 0 Å². The van der Waals surface area contributed by atoms with E-state index in [-0.39, 0.29) is 12.4 Å². The van der Waals surface area contributed by atoms with Crippen LogP contribution in [0.4, 0.5) is 26.3 Å². The molecule has 3 nitrogen and oxygen atoms in total. The maximum Gasteiger partial charge on any atom is 0.471 e. The molecule has 9 heteroatoms. The van der Waals surface area contributed by atoms with Gasteiger partial charge in [0.25, 0.3) is 0 Å². The zero-order chi connectivity index (χ0) is 16.8. The molecule has 0 aromatic heterocycles. The van der Waals surface area contributed by atoms with Gasteiger partial charge in [0.2, 0.25) is 0 Å². The van der Waals surface area contributed by atoms with Gasteiger partial charge in [-0.05, 0) is 18.2 Å². The first kappa shape index (κ1) is 17.7. The van der Waals surface area contributed by atoms with E-state index in [1.165, 1.54) is 11.4 Å². The van der Waals surface area contributed by atoms with Gasteiger partial charge < -0.3 is 10.1 Å². The van der Waals surface area contributed by atoms with Crippen LogP contribution in [-0.2, 0) is 11.0 Å². The van der Waals surface area contributed by atoms with Crippen LogP contribution in [0, 0.1) is 11.8 Å². The molecule has 1 aromatic carbocycles. The zero-order valence-electron chi connectivity index (χ0n) is 10.8. The lowest BCUT2D eigenvalue weighted by atomic mass is 10.2. The molecule has 1 rings (SSSR count). The summed E-state index contributed by atoms with van der Waals surface area (Å²) in [5.74, 6) is 2.23. The predicted molar refractivity (Wildman–Crippen MR) is 63.8 cm³/mol. The van der Waals surface area contributed by atoms with Crippen LogP contribution < -0.4 is 10.1 Å². The molecule has 0 fully saturated rings. The molecule has 0 saturated carbocycles. The van der Waals surface area contributed by atoms with Crippen molar-refractivity contribution in [3.63, 3.8) is 0 Å². The number of halogens is 6. The normalized spacial score (nSPS) is 11.4. The van der Waals surface area contributed by atoms with Gasteiger partial charge in [0.05, 0.1) is 12.1 Å². The summed E-state index contributed by atoms with van der Waals surface area (Å²) in [6, 6.07) is 4.07. The number of alkyl halides is 6. The summed E-state index contributed by atoms with van der Waals surface area (Å²) < 4.78 is 77.6. The van der Waals surface area contributed by atoms with Crippen molar-refractivity contribution in [1.29, 1.82) is 0 Å². The molecule has 120 valence electrons. The lowest BCUT2D eigenvalue weighted by Crippen LogP contribution is -2.36. The van der Waals surface area contributed by atoms with Gasteiger partial charge in [-0.3, -0.25) is 4.79 Å². The molecule has 1 amide bonds. The number of amides is 1. The summed E-state index contributed by atoms with van der Waals surface area (Å²) in [6.07, 6.45) is -9.50. The maximum atomic E-state index is 12.4. The fourth-order valence-electron chi connectivity index (χ4n) is 1.22. The minimum absolute atomic E-state index is 0.0801. The lowest BCUT2D eigenvalue weighted by Gasteiger charge is -2.08. The van der Waals surface area contributed by atoms with Crippen molar-refractivity contribution in [3.8, 4) is 17.6 Å². The topological polar surface area (TPSA) is 38.3 Å². The highest BCUT2D eigenvalue weighted by molar-refractivity contribution is 5.81. The third kappa shape index (κ3) is 5.95. The molecular formula is C13H9F6NO2. The van der Waals surface area contributed by atoms with Crippen molar-refractivity contribution in [2.24, 2.45) is 0 Å². The molecule has 0 aliphatic heterocycles. The Kier molecular flexibility index (Phi) is 5.68. The van der Waals surface area contributed by atoms with E-state index in [9.17, 15) is 31.1 Å². The molecule has 0 aliphatic rings. The standard InChI is InChI=1S/C13H9F6NO2/c14-12(15,16)9-4-3-5-10(8-9)22-7-2-1-6-20-11(21)13(17,18)19/h3-5,8H,6-7H2,(H,20,21). The van der Waals surface area contributed by atoms with Gasteiger partial charge in [-0.1, -0.05) is 17.9 Å². The number of ether oxygens (including phenoxy) is 1. The van der Waals surface area contributed by atoms with Crippen molar-refractivity contribution in [3.05, 3.63) is 29.8 Å². The molecule has 0 aliphatic carbocycles. The average molecular weight is 325 g/mol. The van der Waals surface area contributed by atoms with E-state index in [1.807, 2.05) is 0 Å². The first-order chi connectivity index (χ1) is 10.1. The van der Waals surface area contributed by atoms with E-state index in [1.54, 1.807) is 0 Å². The van der Waals surface area contributed by atoms with Gasteiger partial charge in [-0.2, -0.15) is 26.3 Å². The van der Waals surface area contributed by atoms with Gasteiger partial charge in [0, 0.05) is 0 Å². The van der Waals surface area contributed by atoms with Gasteiger partial charge in [-0.25, -0.2) is 0 Å². The molecule has 0 unspecified atom stereocenters. The fraction of sp³-hybridized carbons (Fsp3) is 0.308. The Balaban J connectivity index is 2.43. The van der Waals surface area contributed by atoms with Crippen LogP contribution in [0.5, 0.6) is 5.75 Å². The Morgan fingerprint density at radius 2 is 1.82 bits per heavy atom. The van der Waals surface area contributed by atoms with Gasteiger partial charge in [-0.15, -0.1) is 0 Å². The number of carbonyl (C=O) groups is 1. The number of hydrogen-bond donors (Lipinski definition) is 1. The molecule has 1 N–H and O–H groups in total. The van der Waals surface area contributed by atoms with E-state index in [0.717, 1.165) is 18.2 Å². The van der Waals surface area contributed by atoms with Crippen molar-refractivity contribution >= 4 is 5.91 Å². The summed E-state index contributed by atoms with van der Waals surface area (Å²) in [5.41, 5.74) is -0.893. The smallest absolute Gasteiger partial charge is 0.471 e. The minimum Gasteiger partial charge on any atom is -0.481 e. The Labute approximate surface area is 121 Å². The fourth-order valence-corrected chi connectivity index (χ4v) is 1.22. The van der Waals surface area contributed by atoms with Gasteiger partial charge in [0.15, 0.2) is 0 Å². The second-order valence-electron chi connectivity index (χ2n) is 3.85. The van der Waals surface area contributed by atoms with E-state index < -0.39 is 30.4 Å². The quantitative estimate of drug-likeness (QED) is 0.685. The minimum atomic E-state index is -4.99. The summed E-state index contributed by atoms with van der Waals surface area (Å²) >= 11 is 0. The summed E-state index contributed by atoms with van der Waals surface area (Å²) in [5, 5.41) is 1.51. The molecule has 0 bridgehead atoms. The highest BCUT2D eigenvalue weighted by Gasteiger charge is 2.38. The second-order valence-corrected chi connectivity index (χ2v) is 3.85. The third-order valence-corrected chi connectivity index (χ3v) is 2.19. The number of nitrogens with one attached hydrogen (secondary N) is 1. The number of rotatable bonds is 3. The Morgan fingerprint density at radius 1 is 1.14 bits per heavy atom. The van der Waals surface area contributed by atoms with Crippen LogP contribution in [-0.4, -0.2) is 25.2 Å². The van der Waals surface area contributed by atoms with Crippen molar-refractivity contribution in [2.45, 2.75) is 12.4 Å². The summed E-state index contributed by atoms with van der Waals surface area (Å²) in [7, 11) is 0. The molecule has 22 heavy (non-hydrogen) atoms. The molecule has 1 aromatic rings. The van der Waals surface area contributed by atoms with Crippen LogP contribution in [0.3, 0.4) is 0 Å². The highest BCUT2D eigenvalue weighted by atomic mass is 19.4. The SMILES string of the molecule is O=C(NCC#CCOc1cccc(C(F)(F)F)c1)C(F)(F)F. The Hall–Kier alpha value is -2.37. The van der Waals surface area contributed by atoms with Crippen LogP contribution in [0.2, 0.25) is 0 Å². The monoisotopic (exact) mass is 325 g/mol. The zero-order valence-corrected chi connectivity index (χ0v) is 10.8. The summed E-state index contributed by atoms with van der Waals surface area (Å²) in [6.45, 7) is -0.881. The molecular weight excluding hydrogens is 316 g/mol. The second kappa shape index (κ2) is 7.06. The van der Waals surface area contributed by atoms with Crippen LogP contribution >= 0.6 is 0 Å². The molecule has 0 radical (unpaired) electrons. The van der Waals surface area contributed by atoms with Crippen molar-refractivity contribution in [1.82, 2.24) is 5.32 Å². The van der Waals surface area contributed by atoms with Crippen LogP contribution in [0.1, 0.15) is 5.56 Å². The third-order valence-electron chi connectivity index (χ3n) is 2.19. The largest absolute Gasteiger partial charge is 0.481 e. The lowest BCUT2D eigenvalue weighted by molar-refractivity contribution is -0.173. The van der Waals surface area contributed by atoms with Crippen molar-refractivity contribution in [2.75, 3.05) is 13.2 Å². The predicted octanol–water partition coefficient (Wildman–Crippen LogP) is 2.77. The molecule has 0 heterocycles. The number of hydrogen-bond acceptors (Lipinski definition) is 2. The Morgan fingerprint density at radius 3 is 2.41 bits per heavy atom.